The summed E-state index contributed by atoms with van der Waals surface area (Å²) in [6, 6.07) is 8.24. The first kappa shape index (κ1) is 19.8. The number of anilines is 1. The van der Waals surface area contributed by atoms with Gasteiger partial charge in [-0.2, -0.15) is 13.2 Å². The van der Waals surface area contributed by atoms with E-state index >= 15 is 0 Å². The molecule has 2 rings (SSSR count). The minimum absolute atomic E-state index is 0.0801. The molecule has 0 fully saturated rings. The van der Waals surface area contributed by atoms with Gasteiger partial charge in [-0.1, -0.05) is 23.7 Å². The van der Waals surface area contributed by atoms with Crippen molar-refractivity contribution < 1.29 is 13.2 Å². The predicted octanol–water partition coefficient (Wildman–Crippen LogP) is 2.93. The number of hydrogen-bond donors (Lipinski definition) is 3. The van der Waals surface area contributed by atoms with Gasteiger partial charge >= 0.3 is 6.18 Å². The molecule has 140 valence electrons. The molecule has 26 heavy (non-hydrogen) atoms. The summed E-state index contributed by atoms with van der Waals surface area (Å²) in [5.41, 5.74) is 0.0119. The Morgan fingerprint density at radius 3 is 2.69 bits per heavy atom. The molecule has 0 aliphatic rings. The van der Waals surface area contributed by atoms with Crippen molar-refractivity contribution in [3.8, 4) is 0 Å². The summed E-state index contributed by atoms with van der Waals surface area (Å²) in [4.78, 5) is 11.3. The number of rotatable bonds is 6. The van der Waals surface area contributed by atoms with Gasteiger partial charge in [0.25, 0.3) is 0 Å². The molecule has 3 N–H and O–H groups in total. The van der Waals surface area contributed by atoms with Gasteiger partial charge in [-0.25, -0.2) is 9.97 Å². The van der Waals surface area contributed by atoms with Crippen LogP contribution in [0, 0.1) is 0 Å². The number of benzene rings is 1. The molecule has 0 spiro atoms. The van der Waals surface area contributed by atoms with Crippen LogP contribution in [0.2, 0.25) is 5.02 Å². The molecule has 0 bridgehead atoms. The van der Waals surface area contributed by atoms with Crippen molar-refractivity contribution in [3.63, 3.8) is 0 Å². The minimum Gasteiger partial charge on any atom is -0.355 e. The molecule has 1 aromatic carbocycles. The van der Waals surface area contributed by atoms with Gasteiger partial charge < -0.3 is 16.0 Å². The van der Waals surface area contributed by atoms with E-state index in [2.05, 4.69) is 30.9 Å². The number of hydrogen-bond acceptors (Lipinski definition) is 4. The van der Waals surface area contributed by atoms with E-state index in [9.17, 15) is 13.2 Å². The second-order valence-corrected chi connectivity index (χ2v) is 5.61. The van der Waals surface area contributed by atoms with Crippen molar-refractivity contribution in [3.05, 3.63) is 52.8 Å². The minimum atomic E-state index is -4.50. The van der Waals surface area contributed by atoms with Gasteiger partial charge in [0, 0.05) is 37.9 Å². The summed E-state index contributed by atoms with van der Waals surface area (Å²) in [7, 11) is 1.62. The van der Waals surface area contributed by atoms with Crippen molar-refractivity contribution in [2.24, 2.45) is 4.99 Å². The molecule has 0 radical (unpaired) electrons. The zero-order valence-electron chi connectivity index (χ0n) is 13.9. The number of aliphatic imine (C=N–C) groups is 1. The summed E-state index contributed by atoms with van der Waals surface area (Å²) in [6.45, 7) is 1.26. The van der Waals surface area contributed by atoms with Crippen LogP contribution >= 0.6 is 11.6 Å². The highest BCUT2D eigenvalue weighted by atomic mass is 35.5. The van der Waals surface area contributed by atoms with E-state index in [0.29, 0.717) is 30.6 Å². The van der Waals surface area contributed by atoms with Crippen LogP contribution in [-0.2, 0) is 12.7 Å². The van der Waals surface area contributed by atoms with Crippen molar-refractivity contribution in [2.45, 2.75) is 12.7 Å². The second kappa shape index (κ2) is 9.23. The molecule has 2 aromatic rings. The lowest BCUT2D eigenvalue weighted by Crippen LogP contribution is -2.39. The Bertz CT molecular complexity index is 751. The lowest BCUT2D eigenvalue weighted by atomic mass is 10.2. The van der Waals surface area contributed by atoms with Gasteiger partial charge in [0.05, 0.1) is 0 Å². The van der Waals surface area contributed by atoms with E-state index in [4.69, 9.17) is 11.6 Å². The third-order valence-corrected chi connectivity index (χ3v) is 3.45. The van der Waals surface area contributed by atoms with Crippen molar-refractivity contribution in [1.29, 1.82) is 0 Å². The molecule has 0 aliphatic heterocycles. The SMILES string of the molecule is CN=C(NCCNc1nccc(C(F)(F)F)n1)NCc1cccc(Cl)c1. The number of halogens is 4. The van der Waals surface area contributed by atoms with Crippen LogP contribution in [0.3, 0.4) is 0 Å². The average Bonchev–Trinajstić information content (AvgIpc) is 2.61. The topological polar surface area (TPSA) is 74.2 Å². The largest absolute Gasteiger partial charge is 0.433 e. The standard InChI is InChI=1S/C16H18ClF3N6/c1-21-14(25-10-11-3-2-4-12(17)9-11)23-7-8-24-15-22-6-5-13(26-15)16(18,19)20/h2-6,9H,7-8,10H2,1H3,(H2,21,23,25)(H,22,24,26). The van der Waals surface area contributed by atoms with E-state index in [0.717, 1.165) is 17.8 Å². The summed E-state index contributed by atoms with van der Waals surface area (Å²) in [6.07, 6.45) is -3.43. The Balaban J connectivity index is 1.76. The van der Waals surface area contributed by atoms with Crippen molar-refractivity contribution >= 4 is 23.5 Å². The number of aromatic nitrogens is 2. The van der Waals surface area contributed by atoms with Crippen LogP contribution in [0.5, 0.6) is 0 Å². The number of guanidine groups is 1. The van der Waals surface area contributed by atoms with E-state index in [-0.39, 0.29) is 5.95 Å². The third-order valence-electron chi connectivity index (χ3n) is 3.22. The number of alkyl halides is 3. The first-order chi connectivity index (χ1) is 12.4. The van der Waals surface area contributed by atoms with Gasteiger partial charge in [0.1, 0.15) is 5.69 Å². The van der Waals surface area contributed by atoms with E-state index in [1.165, 1.54) is 0 Å². The van der Waals surface area contributed by atoms with Crippen LogP contribution in [0.1, 0.15) is 11.3 Å². The third kappa shape index (κ3) is 6.40. The van der Waals surface area contributed by atoms with Crippen LogP contribution in [0.4, 0.5) is 19.1 Å². The average molecular weight is 387 g/mol. The zero-order chi connectivity index (χ0) is 19.0. The van der Waals surface area contributed by atoms with Gasteiger partial charge in [0.15, 0.2) is 5.96 Å². The van der Waals surface area contributed by atoms with Crippen molar-refractivity contribution in [1.82, 2.24) is 20.6 Å². The molecule has 0 atom stereocenters. The molecular weight excluding hydrogens is 369 g/mol. The highest BCUT2D eigenvalue weighted by Gasteiger charge is 2.32. The Morgan fingerprint density at radius 1 is 1.19 bits per heavy atom. The van der Waals surface area contributed by atoms with Crippen LogP contribution in [-0.4, -0.2) is 36.1 Å². The highest BCUT2D eigenvalue weighted by Crippen LogP contribution is 2.27. The monoisotopic (exact) mass is 386 g/mol. The maximum absolute atomic E-state index is 12.6. The molecule has 0 saturated carbocycles. The van der Waals surface area contributed by atoms with Crippen molar-refractivity contribution in [2.75, 3.05) is 25.5 Å². The van der Waals surface area contributed by atoms with Crippen LogP contribution in [0.15, 0.2) is 41.5 Å². The van der Waals surface area contributed by atoms with Gasteiger partial charge in [-0.05, 0) is 23.8 Å². The molecule has 10 heteroatoms. The number of nitrogens with one attached hydrogen (secondary N) is 3. The Hall–Kier alpha value is -2.55. The van der Waals surface area contributed by atoms with Crippen LogP contribution < -0.4 is 16.0 Å². The Labute approximate surface area is 153 Å². The molecular formula is C16H18ClF3N6. The summed E-state index contributed by atoms with van der Waals surface area (Å²) in [5, 5.41) is 9.53. The molecule has 1 aromatic heterocycles. The predicted molar refractivity (Wildman–Crippen MR) is 95.2 cm³/mol. The first-order valence-electron chi connectivity index (χ1n) is 7.71. The summed E-state index contributed by atoms with van der Waals surface area (Å²) >= 11 is 5.93. The first-order valence-corrected chi connectivity index (χ1v) is 8.09. The normalized spacial score (nSPS) is 12.0. The lowest BCUT2D eigenvalue weighted by Gasteiger charge is -2.13. The van der Waals surface area contributed by atoms with E-state index < -0.39 is 11.9 Å². The molecule has 6 nitrogen and oxygen atoms in total. The summed E-state index contributed by atoms with van der Waals surface area (Å²) in [5.74, 6) is 0.472. The molecule has 0 amide bonds. The zero-order valence-corrected chi connectivity index (χ0v) is 14.7. The summed E-state index contributed by atoms with van der Waals surface area (Å²) < 4.78 is 37.8. The molecule has 1 heterocycles. The smallest absolute Gasteiger partial charge is 0.355 e. The second-order valence-electron chi connectivity index (χ2n) is 5.17. The Morgan fingerprint density at radius 2 is 2.00 bits per heavy atom. The fraction of sp³-hybridized carbons (Fsp3) is 0.312. The Kier molecular flexibility index (Phi) is 7.02. The molecule has 0 saturated heterocycles. The van der Waals surface area contributed by atoms with Gasteiger partial charge in [-0.3, -0.25) is 4.99 Å². The van der Waals surface area contributed by atoms with E-state index in [1.807, 2.05) is 18.2 Å². The number of nitrogens with zero attached hydrogens (tertiary/aromatic N) is 3. The molecule has 0 aliphatic carbocycles. The van der Waals surface area contributed by atoms with E-state index in [1.54, 1.807) is 13.1 Å². The van der Waals surface area contributed by atoms with Crippen LogP contribution in [0.25, 0.3) is 0 Å². The quantitative estimate of drug-likeness (QED) is 0.404. The van der Waals surface area contributed by atoms with Gasteiger partial charge in [0.2, 0.25) is 5.95 Å². The fourth-order valence-corrected chi connectivity index (χ4v) is 2.22. The maximum atomic E-state index is 12.6. The molecule has 0 unspecified atom stereocenters. The van der Waals surface area contributed by atoms with Gasteiger partial charge in [-0.15, -0.1) is 0 Å². The fourth-order valence-electron chi connectivity index (χ4n) is 2.01. The lowest BCUT2D eigenvalue weighted by molar-refractivity contribution is -0.141. The highest BCUT2D eigenvalue weighted by molar-refractivity contribution is 6.30. The maximum Gasteiger partial charge on any atom is 0.433 e.